The average Bonchev–Trinajstić information content (AvgIpc) is 2.36. The quantitative estimate of drug-likeness (QED) is 0.836. The van der Waals surface area contributed by atoms with Crippen LogP contribution in [0.15, 0.2) is 24.3 Å². The van der Waals surface area contributed by atoms with Gasteiger partial charge in [-0.2, -0.15) is 0 Å². The van der Waals surface area contributed by atoms with Gasteiger partial charge in [-0.1, -0.05) is 30.2 Å². The smallest absolute Gasteiger partial charge is 0.246 e. The van der Waals surface area contributed by atoms with Crippen LogP contribution in [0.2, 0.25) is 5.02 Å². The minimum Gasteiger partial charge on any atom is -0.323 e. The summed E-state index contributed by atoms with van der Waals surface area (Å²) in [5.41, 5.74) is 0.229. The van der Waals surface area contributed by atoms with Crippen molar-refractivity contribution < 1.29 is 14.4 Å². The lowest BCUT2D eigenvalue weighted by atomic mass is 9.63. The van der Waals surface area contributed by atoms with E-state index >= 15 is 0 Å². The largest absolute Gasteiger partial charge is 0.323 e. The van der Waals surface area contributed by atoms with Crippen molar-refractivity contribution in [3.05, 3.63) is 34.9 Å². The highest BCUT2D eigenvalue weighted by Crippen LogP contribution is 2.45. The molecule has 1 aliphatic carbocycles. The molecule has 3 amide bonds. The normalized spacial score (nSPS) is 20.7. The fourth-order valence-corrected chi connectivity index (χ4v) is 3.22. The molecule has 0 radical (unpaired) electrons. The van der Waals surface area contributed by atoms with Crippen LogP contribution in [0.4, 0.5) is 0 Å². The molecule has 21 heavy (non-hydrogen) atoms. The number of benzene rings is 1. The molecule has 1 aromatic carbocycles. The van der Waals surface area contributed by atoms with Gasteiger partial charge in [-0.05, 0) is 30.5 Å². The highest BCUT2D eigenvalue weighted by Gasteiger charge is 2.48. The van der Waals surface area contributed by atoms with Crippen LogP contribution in [0.25, 0.3) is 0 Å². The van der Waals surface area contributed by atoms with Gasteiger partial charge in [-0.3, -0.25) is 19.7 Å². The number of rotatable bonds is 2. The minimum absolute atomic E-state index is 0.0626. The first-order chi connectivity index (χ1) is 10.0. The van der Waals surface area contributed by atoms with Crippen molar-refractivity contribution in [2.24, 2.45) is 0 Å². The molecule has 0 atom stereocenters. The third-order valence-corrected chi connectivity index (χ3v) is 4.46. The van der Waals surface area contributed by atoms with Gasteiger partial charge < -0.3 is 4.90 Å². The van der Waals surface area contributed by atoms with E-state index < -0.39 is 17.2 Å². The standard InChI is InChI=1S/C15H15ClN2O3/c16-11-4-1-3-10(7-11)15(5-2-6-15)14(21)18-8-12(19)17-13(20)9-18/h1,3-4,7H,2,5-6,8-9H2,(H,17,19,20). The molecule has 0 spiro atoms. The number of nitrogens with zero attached hydrogens (tertiary/aromatic N) is 1. The Hall–Kier alpha value is -1.88. The van der Waals surface area contributed by atoms with Gasteiger partial charge in [0, 0.05) is 5.02 Å². The number of nitrogens with one attached hydrogen (secondary N) is 1. The topological polar surface area (TPSA) is 66.5 Å². The van der Waals surface area contributed by atoms with Gasteiger partial charge >= 0.3 is 0 Å². The number of hydrogen-bond donors (Lipinski definition) is 1. The lowest BCUT2D eigenvalue weighted by Gasteiger charge is -2.44. The first-order valence-electron chi connectivity index (χ1n) is 6.89. The first kappa shape index (κ1) is 14.1. The van der Waals surface area contributed by atoms with Crippen molar-refractivity contribution in [3.63, 3.8) is 0 Å². The fraction of sp³-hybridized carbons (Fsp3) is 0.400. The lowest BCUT2D eigenvalue weighted by Crippen LogP contribution is -2.59. The molecule has 0 bridgehead atoms. The summed E-state index contributed by atoms with van der Waals surface area (Å²) in [6, 6.07) is 7.26. The zero-order chi connectivity index (χ0) is 15.0. The molecule has 6 heteroatoms. The summed E-state index contributed by atoms with van der Waals surface area (Å²) >= 11 is 6.03. The Bertz CT molecular complexity index is 609. The number of imide groups is 1. The maximum Gasteiger partial charge on any atom is 0.246 e. The third kappa shape index (κ3) is 2.42. The molecule has 110 valence electrons. The highest BCUT2D eigenvalue weighted by molar-refractivity contribution is 6.30. The van der Waals surface area contributed by atoms with Crippen molar-refractivity contribution in [3.8, 4) is 0 Å². The second kappa shape index (κ2) is 5.15. The number of amides is 3. The van der Waals surface area contributed by atoms with Gasteiger partial charge in [0.25, 0.3) is 0 Å². The van der Waals surface area contributed by atoms with Gasteiger partial charge in [0.15, 0.2) is 0 Å². The van der Waals surface area contributed by atoms with Crippen molar-refractivity contribution >= 4 is 29.3 Å². The Balaban J connectivity index is 1.90. The number of carbonyl (C=O) groups is 3. The summed E-state index contributed by atoms with van der Waals surface area (Å²) in [6.45, 7) is -0.125. The van der Waals surface area contributed by atoms with Crippen LogP contribution >= 0.6 is 11.6 Å². The van der Waals surface area contributed by atoms with E-state index in [4.69, 9.17) is 11.6 Å². The second-order valence-corrected chi connectivity index (χ2v) is 6.02. The number of halogens is 1. The van der Waals surface area contributed by atoms with E-state index in [2.05, 4.69) is 5.32 Å². The molecule has 5 nitrogen and oxygen atoms in total. The number of hydrogen-bond acceptors (Lipinski definition) is 3. The van der Waals surface area contributed by atoms with Crippen LogP contribution < -0.4 is 5.32 Å². The van der Waals surface area contributed by atoms with Crippen molar-refractivity contribution in [1.82, 2.24) is 10.2 Å². The van der Waals surface area contributed by atoms with Gasteiger partial charge in [0.2, 0.25) is 17.7 Å². The molecule has 0 aromatic heterocycles. The van der Waals surface area contributed by atoms with Gasteiger partial charge in [0.1, 0.15) is 13.1 Å². The summed E-state index contributed by atoms with van der Waals surface area (Å²) in [5.74, 6) is -1.01. The van der Waals surface area contributed by atoms with E-state index in [0.717, 1.165) is 24.8 Å². The highest BCUT2D eigenvalue weighted by atomic mass is 35.5. The Morgan fingerprint density at radius 1 is 1.19 bits per heavy atom. The molecule has 1 saturated carbocycles. The predicted molar refractivity (Wildman–Crippen MR) is 76.7 cm³/mol. The molecule has 1 saturated heterocycles. The maximum atomic E-state index is 12.9. The molecule has 0 unspecified atom stereocenters. The van der Waals surface area contributed by atoms with E-state index in [1.165, 1.54) is 4.90 Å². The Morgan fingerprint density at radius 3 is 2.38 bits per heavy atom. The Labute approximate surface area is 127 Å². The molecule has 2 aliphatic rings. The number of piperazine rings is 1. The third-order valence-electron chi connectivity index (χ3n) is 4.23. The zero-order valence-corrected chi connectivity index (χ0v) is 12.2. The fourth-order valence-electron chi connectivity index (χ4n) is 3.03. The second-order valence-electron chi connectivity index (χ2n) is 5.58. The van der Waals surface area contributed by atoms with E-state index in [9.17, 15) is 14.4 Å². The molecule has 1 aliphatic heterocycles. The number of carbonyl (C=O) groups excluding carboxylic acids is 3. The summed E-state index contributed by atoms with van der Waals surface area (Å²) in [7, 11) is 0. The van der Waals surface area contributed by atoms with Crippen molar-refractivity contribution in [1.29, 1.82) is 0 Å². The van der Waals surface area contributed by atoms with Gasteiger partial charge in [0.05, 0.1) is 5.41 Å². The minimum atomic E-state index is -0.636. The molecular weight excluding hydrogens is 292 g/mol. The average molecular weight is 307 g/mol. The summed E-state index contributed by atoms with van der Waals surface area (Å²) in [4.78, 5) is 37.1. The van der Waals surface area contributed by atoms with Gasteiger partial charge in [-0.15, -0.1) is 0 Å². The van der Waals surface area contributed by atoms with Crippen LogP contribution in [0, 0.1) is 0 Å². The molecular formula is C15H15ClN2O3. The van der Waals surface area contributed by atoms with E-state index in [1.807, 2.05) is 12.1 Å². The summed E-state index contributed by atoms with van der Waals surface area (Å²) in [5, 5.41) is 2.79. The maximum absolute atomic E-state index is 12.9. The zero-order valence-electron chi connectivity index (χ0n) is 11.4. The van der Waals surface area contributed by atoms with Crippen LogP contribution in [0.1, 0.15) is 24.8 Å². The van der Waals surface area contributed by atoms with E-state index in [0.29, 0.717) is 5.02 Å². The first-order valence-corrected chi connectivity index (χ1v) is 7.27. The molecule has 3 rings (SSSR count). The summed E-state index contributed by atoms with van der Waals surface area (Å²) in [6.07, 6.45) is 2.39. The van der Waals surface area contributed by atoms with Crippen LogP contribution in [-0.4, -0.2) is 35.7 Å². The molecule has 1 aromatic rings. The predicted octanol–water partition coefficient (Wildman–Crippen LogP) is 1.25. The Kier molecular flexibility index (Phi) is 3.45. The Morgan fingerprint density at radius 2 is 1.86 bits per heavy atom. The van der Waals surface area contributed by atoms with Crippen molar-refractivity contribution in [2.75, 3.05) is 13.1 Å². The lowest BCUT2D eigenvalue weighted by molar-refractivity contribution is -0.150. The van der Waals surface area contributed by atoms with Crippen molar-refractivity contribution in [2.45, 2.75) is 24.7 Å². The van der Waals surface area contributed by atoms with E-state index in [1.54, 1.807) is 12.1 Å². The van der Waals surface area contributed by atoms with Crippen LogP contribution in [0.3, 0.4) is 0 Å². The summed E-state index contributed by atoms with van der Waals surface area (Å²) < 4.78 is 0. The van der Waals surface area contributed by atoms with E-state index in [-0.39, 0.29) is 19.0 Å². The SMILES string of the molecule is O=C1CN(C(=O)C2(c3cccc(Cl)c3)CCC2)CC(=O)N1. The molecule has 2 fully saturated rings. The molecule has 1 N–H and O–H groups in total. The molecule has 1 heterocycles. The van der Waals surface area contributed by atoms with Gasteiger partial charge in [-0.25, -0.2) is 0 Å². The van der Waals surface area contributed by atoms with Crippen LogP contribution in [0.5, 0.6) is 0 Å². The monoisotopic (exact) mass is 306 g/mol. The van der Waals surface area contributed by atoms with Crippen LogP contribution in [-0.2, 0) is 19.8 Å².